The minimum absolute atomic E-state index is 0.0338. The lowest BCUT2D eigenvalue weighted by Gasteiger charge is -2.23. The van der Waals surface area contributed by atoms with Crippen molar-refractivity contribution in [1.82, 2.24) is 15.4 Å². The number of halogens is 1. The van der Waals surface area contributed by atoms with Gasteiger partial charge in [-0.1, -0.05) is 28.9 Å². The molecule has 25 heavy (non-hydrogen) atoms. The smallest absolute Gasteiger partial charge is 0.276 e. The van der Waals surface area contributed by atoms with Gasteiger partial charge in [-0.05, 0) is 38.8 Å². The van der Waals surface area contributed by atoms with Gasteiger partial charge in [-0.2, -0.15) is 0 Å². The Morgan fingerprint density at radius 3 is 2.88 bits per heavy atom. The van der Waals surface area contributed by atoms with Crippen molar-refractivity contribution in [3.63, 3.8) is 0 Å². The fourth-order valence-corrected chi connectivity index (χ4v) is 3.15. The zero-order valence-corrected chi connectivity index (χ0v) is 14.9. The molecule has 0 unspecified atom stereocenters. The van der Waals surface area contributed by atoms with Crippen LogP contribution in [0.15, 0.2) is 34.9 Å². The maximum Gasteiger partial charge on any atom is 0.276 e. The van der Waals surface area contributed by atoms with E-state index in [1.54, 1.807) is 29.2 Å². The molecule has 0 aliphatic carbocycles. The number of benzene rings is 1. The Balaban J connectivity index is 1.78. The lowest BCUT2D eigenvalue weighted by Crippen LogP contribution is -2.47. The third-order valence-corrected chi connectivity index (χ3v) is 4.32. The summed E-state index contributed by atoms with van der Waals surface area (Å²) in [7, 11) is 0. The van der Waals surface area contributed by atoms with Crippen molar-refractivity contribution in [1.29, 1.82) is 0 Å². The van der Waals surface area contributed by atoms with Crippen LogP contribution in [0, 0.1) is 0 Å². The molecule has 1 aliphatic rings. The van der Waals surface area contributed by atoms with Crippen molar-refractivity contribution in [3.8, 4) is 11.3 Å². The predicted molar refractivity (Wildman–Crippen MR) is 94.3 cm³/mol. The second kappa shape index (κ2) is 7.27. The number of carbonyl (C=O) groups excluding carboxylic acids is 2. The first kappa shape index (κ1) is 17.5. The van der Waals surface area contributed by atoms with Gasteiger partial charge in [0.2, 0.25) is 5.91 Å². The Hall–Kier alpha value is -2.34. The molecular formula is C18H20ClN3O3. The van der Waals surface area contributed by atoms with Crippen LogP contribution in [0.2, 0.25) is 5.02 Å². The van der Waals surface area contributed by atoms with Gasteiger partial charge in [0.05, 0.1) is 0 Å². The lowest BCUT2D eigenvalue weighted by molar-refractivity contribution is -0.125. The van der Waals surface area contributed by atoms with Crippen molar-refractivity contribution < 1.29 is 14.1 Å². The average Bonchev–Trinajstić information content (AvgIpc) is 3.23. The molecule has 1 aromatic heterocycles. The van der Waals surface area contributed by atoms with E-state index in [1.807, 2.05) is 19.9 Å². The van der Waals surface area contributed by atoms with Crippen LogP contribution in [0.4, 0.5) is 0 Å². The summed E-state index contributed by atoms with van der Waals surface area (Å²) in [6.45, 7) is 4.33. The Kier molecular flexibility index (Phi) is 5.08. The molecular weight excluding hydrogens is 342 g/mol. The monoisotopic (exact) mass is 361 g/mol. The molecule has 0 bridgehead atoms. The molecule has 1 aromatic carbocycles. The maximum absolute atomic E-state index is 12.8. The molecule has 7 heteroatoms. The van der Waals surface area contributed by atoms with Gasteiger partial charge in [-0.3, -0.25) is 9.59 Å². The van der Waals surface area contributed by atoms with E-state index in [-0.39, 0.29) is 23.6 Å². The number of nitrogens with one attached hydrogen (secondary N) is 1. The molecule has 6 nitrogen and oxygen atoms in total. The summed E-state index contributed by atoms with van der Waals surface area (Å²) >= 11 is 5.98. The van der Waals surface area contributed by atoms with Gasteiger partial charge in [0.25, 0.3) is 5.91 Å². The van der Waals surface area contributed by atoms with Gasteiger partial charge in [-0.25, -0.2) is 0 Å². The minimum Gasteiger partial charge on any atom is -0.355 e. The molecule has 2 heterocycles. The number of aromatic nitrogens is 1. The number of nitrogens with zero attached hydrogens (tertiary/aromatic N) is 2. The highest BCUT2D eigenvalue weighted by molar-refractivity contribution is 6.30. The van der Waals surface area contributed by atoms with E-state index in [1.165, 1.54) is 0 Å². The summed E-state index contributed by atoms with van der Waals surface area (Å²) in [5.74, 6) is 0.0473. The first-order valence-corrected chi connectivity index (χ1v) is 8.67. The third kappa shape index (κ3) is 3.85. The zero-order chi connectivity index (χ0) is 18.0. The van der Waals surface area contributed by atoms with E-state index < -0.39 is 6.04 Å². The maximum atomic E-state index is 12.8. The summed E-state index contributed by atoms with van der Waals surface area (Å²) in [4.78, 5) is 26.6. The number of hydrogen-bond donors (Lipinski definition) is 1. The van der Waals surface area contributed by atoms with Crippen molar-refractivity contribution in [2.24, 2.45) is 0 Å². The summed E-state index contributed by atoms with van der Waals surface area (Å²) in [6.07, 6.45) is 1.45. The van der Waals surface area contributed by atoms with Gasteiger partial charge < -0.3 is 14.7 Å². The van der Waals surface area contributed by atoms with Crippen molar-refractivity contribution in [2.45, 2.75) is 38.8 Å². The summed E-state index contributed by atoms with van der Waals surface area (Å²) in [6, 6.07) is 8.29. The highest BCUT2D eigenvalue weighted by Gasteiger charge is 2.35. The summed E-state index contributed by atoms with van der Waals surface area (Å²) < 4.78 is 5.29. The number of likely N-dealkylation sites (tertiary alicyclic amines) is 1. The van der Waals surface area contributed by atoms with Gasteiger partial charge in [0.15, 0.2) is 11.5 Å². The molecule has 0 spiro atoms. The number of carbonyl (C=O) groups is 2. The highest BCUT2D eigenvalue weighted by atomic mass is 35.5. The Labute approximate surface area is 151 Å². The number of rotatable bonds is 4. The molecule has 1 N–H and O–H groups in total. The molecule has 2 amide bonds. The van der Waals surface area contributed by atoms with Crippen molar-refractivity contribution in [2.75, 3.05) is 6.54 Å². The first-order valence-electron chi connectivity index (χ1n) is 8.29. The fourth-order valence-electron chi connectivity index (χ4n) is 2.96. The number of amides is 2. The van der Waals surface area contributed by atoms with Gasteiger partial charge in [-0.15, -0.1) is 0 Å². The Bertz CT molecular complexity index is 787. The van der Waals surface area contributed by atoms with Crippen LogP contribution in [-0.2, 0) is 4.79 Å². The normalized spacial score (nSPS) is 17.1. The molecule has 1 saturated heterocycles. The average molecular weight is 362 g/mol. The molecule has 1 atom stereocenters. The lowest BCUT2D eigenvalue weighted by atomic mass is 10.1. The van der Waals surface area contributed by atoms with E-state index in [0.29, 0.717) is 23.7 Å². The van der Waals surface area contributed by atoms with Crippen LogP contribution in [0.1, 0.15) is 37.2 Å². The second-order valence-electron chi connectivity index (χ2n) is 6.41. The standard InChI is InChI=1S/C18H20ClN3O3/c1-11(2)20-17(23)15-7-4-8-22(15)18(24)14-10-16(25-21-14)12-5-3-6-13(19)9-12/h3,5-6,9-11,15H,4,7-8H2,1-2H3,(H,20,23)/t15-/m1/s1. The second-order valence-corrected chi connectivity index (χ2v) is 6.84. The Morgan fingerprint density at radius 2 is 2.16 bits per heavy atom. The van der Waals surface area contributed by atoms with Crippen LogP contribution in [0.25, 0.3) is 11.3 Å². The zero-order valence-electron chi connectivity index (χ0n) is 14.2. The van der Waals surface area contributed by atoms with E-state index in [9.17, 15) is 9.59 Å². The van der Waals surface area contributed by atoms with Gasteiger partial charge in [0, 0.05) is 29.2 Å². The third-order valence-electron chi connectivity index (χ3n) is 4.09. The fraction of sp³-hybridized carbons (Fsp3) is 0.389. The Morgan fingerprint density at radius 1 is 1.36 bits per heavy atom. The van der Waals surface area contributed by atoms with Crippen LogP contribution in [0.3, 0.4) is 0 Å². The quantitative estimate of drug-likeness (QED) is 0.907. The highest BCUT2D eigenvalue weighted by Crippen LogP contribution is 2.25. The largest absolute Gasteiger partial charge is 0.355 e. The molecule has 1 aliphatic heterocycles. The van der Waals surface area contributed by atoms with Crippen LogP contribution >= 0.6 is 11.6 Å². The molecule has 0 radical (unpaired) electrons. The van der Waals surface area contributed by atoms with Crippen molar-refractivity contribution >= 4 is 23.4 Å². The number of hydrogen-bond acceptors (Lipinski definition) is 4. The van der Waals surface area contributed by atoms with Gasteiger partial charge in [0.1, 0.15) is 6.04 Å². The van der Waals surface area contributed by atoms with Crippen LogP contribution in [0.5, 0.6) is 0 Å². The van der Waals surface area contributed by atoms with Crippen LogP contribution in [-0.4, -0.2) is 40.5 Å². The van der Waals surface area contributed by atoms with Gasteiger partial charge >= 0.3 is 0 Å². The molecule has 3 rings (SSSR count). The van der Waals surface area contributed by atoms with E-state index in [0.717, 1.165) is 12.0 Å². The molecule has 132 valence electrons. The van der Waals surface area contributed by atoms with E-state index >= 15 is 0 Å². The van der Waals surface area contributed by atoms with Crippen LogP contribution < -0.4 is 5.32 Å². The SMILES string of the molecule is CC(C)NC(=O)[C@H]1CCCN1C(=O)c1cc(-c2cccc(Cl)c2)on1. The van der Waals surface area contributed by atoms with Crippen molar-refractivity contribution in [3.05, 3.63) is 41.0 Å². The molecule has 0 saturated carbocycles. The first-order chi connectivity index (χ1) is 12.0. The summed E-state index contributed by atoms with van der Waals surface area (Å²) in [5, 5.41) is 7.32. The topological polar surface area (TPSA) is 75.4 Å². The van der Waals surface area contributed by atoms with E-state index in [2.05, 4.69) is 10.5 Å². The van der Waals surface area contributed by atoms with E-state index in [4.69, 9.17) is 16.1 Å². The predicted octanol–water partition coefficient (Wildman–Crippen LogP) is 3.12. The molecule has 1 fully saturated rings. The molecule has 2 aromatic rings. The minimum atomic E-state index is -0.457. The summed E-state index contributed by atoms with van der Waals surface area (Å²) in [5.41, 5.74) is 0.939.